The van der Waals surface area contributed by atoms with E-state index in [4.69, 9.17) is 11.6 Å². The van der Waals surface area contributed by atoms with Crippen molar-refractivity contribution in [1.29, 1.82) is 0 Å². The lowest BCUT2D eigenvalue weighted by molar-refractivity contribution is -0.116. The normalized spacial score (nSPS) is 19.4. The minimum Gasteiger partial charge on any atom is -0.373 e. The van der Waals surface area contributed by atoms with E-state index in [1.54, 1.807) is 12.1 Å². The van der Waals surface area contributed by atoms with E-state index in [2.05, 4.69) is 21.3 Å². The third kappa shape index (κ3) is 3.78. The molecule has 27 heavy (non-hydrogen) atoms. The molecule has 1 amide bonds. The molecule has 0 radical (unpaired) electrons. The molecule has 2 aromatic carbocycles. The highest BCUT2D eigenvalue weighted by molar-refractivity contribution is 6.31. The number of rotatable bonds is 3. The summed E-state index contributed by atoms with van der Waals surface area (Å²) in [5, 5.41) is 13.2. The maximum absolute atomic E-state index is 14.0. The van der Waals surface area contributed by atoms with E-state index >= 15 is 0 Å². The lowest BCUT2D eigenvalue weighted by Gasteiger charge is -2.25. The van der Waals surface area contributed by atoms with Gasteiger partial charge in [0.05, 0.1) is 0 Å². The zero-order valence-corrected chi connectivity index (χ0v) is 15.8. The fourth-order valence-corrected chi connectivity index (χ4v) is 4.01. The van der Waals surface area contributed by atoms with Crippen molar-refractivity contribution in [3.8, 4) is 0 Å². The van der Waals surface area contributed by atoms with Gasteiger partial charge in [0.15, 0.2) is 0 Å². The van der Waals surface area contributed by atoms with Gasteiger partial charge in [0.1, 0.15) is 11.9 Å². The summed E-state index contributed by atoms with van der Waals surface area (Å²) in [4.78, 5) is 12.7. The van der Waals surface area contributed by atoms with Gasteiger partial charge in [-0.3, -0.25) is 4.79 Å². The van der Waals surface area contributed by atoms with Crippen molar-refractivity contribution in [3.05, 3.63) is 57.9 Å². The second-order valence-electron chi connectivity index (χ2n) is 7.16. The molecule has 0 bridgehead atoms. The molecule has 2 aromatic rings. The topological polar surface area (TPSA) is 65.2 Å². The van der Waals surface area contributed by atoms with Crippen molar-refractivity contribution >= 4 is 28.9 Å². The van der Waals surface area contributed by atoms with E-state index in [1.807, 2.05) is 19.1 Å². The molecule has 4 N–H and O–H groups in total. The molecule has 1 unspecified atom stereocenters. The lowest BCUT2D eigenvalue weighted by Crippen LogP contribution is -2.42. The van der Waals surface area contributed by atoms with Gasteiger partial charge in [-0.05, 0) is 42.3 Å². The van der Waals surface area contributed by atoms with Crippen LogP contribution in [0.5, 0.6) is 0 Å². The quantitative estimate of drug-likeness (QED) is 0.652. The summed E-state index contributed by atoms with van der Waals surface area (Å²) in [7, 11) is 0. The number of amides is 1. The van der Waals surface area contributed by atoms with Crippen LogP contribution >= 0.6 is 11.6 Å². The summed E-state index contributed by atoms with van der Waals surface area (Å²) < 4.78 is 14.0. The number of hydrogen-bond donors (Lipinski definition) is 4. The molecule has 0 aliphatic carbocycles. The minimum absolute atomic E-state index is 0.196. The average Bonchev–Trinajstić information content (AvgIpc) is 3.12. The summed E-state index contributed by atoms with van der Waals surface area (Å²) in [6.07, 6.45) is 0.332. The SMILES string of the molecule is Cc1ccc(F)c2c1NC(C(=O)Nc1cc(Cl)cc(C3CNCNC3)c1)C2. The van der Waals surface area contributed by atoms with Gasteiger partial charge in [-0.1, -0.05) is 17.7 Å². The second kappa shape index (κ2) is 7.46. The van der Waals surface area contributed by atoms with Gasteiger partial charge in [-0.25, -0.2) is 4.39 Å². The Bertz CT molecular complexity index is 852. The first kappa shape index (κ1) is 18.2. The van der Waals surface area contributed by atoms with Crippen molar-refractivity contribution in [3.63, 3.8) is 0 Å². The van der Waals surface area contributed by atoms with Gasteiger partial charge in [-0.2, -0.15) is 0 Å². The van der Waals surface area contributed by atoms with Crippen LogP contribution in [0.1, 0.15) is 22.6 Å². The molecular weight excluding hydrogens is 367 g/mol. The fourth-order valence-electron chi connectivity index (χ4n) is 3.77. The zero-order chi connectivity index (χ0) is 19.0. The third-order valence-electron chi connectivity index (χ3n) is 5.20. The number of carbonyl (C=O) groups excluding carboxylic acids is 1. The molecule has 142 valence electrons. The molecule has 2 heterocycles. The first-order valence-electron chi connectivity index (χ1n) is 9.08. The van der Waals surface area contributed by atoms with Gasteiger partial charge in [0.25, 0.3) is 0 Å². The van der Waals surface area contributed by atoms with E-state index in [-0.39, 0.29) is 11.7 Å². The highest BCUT2D eigenvalue weighted by Crippen LogP contribution is 2.32. The number of anilines is 2. The second-order valence-corrected chi connectivity index (χ2v) is 7.60. The highest BCUT2D eigenvalue weighted by Gasteiger charge is 2.30. The summed E-state index contributed by atoms with van der Waals surface area (Å²) in [6.45, 7) is 4.42. The Morgan fingerprint density at radius 3 is 2.74 bits per heavy atom. The molecule has 4 rings (SSSR count). The monoisotopic (exact) mass is 388 g/mol. The Kier molecular flexibility index (Phi) is 5.04. The molecule has 0 saturated carbocycles. The van der Waals surface area contributed by atoms with Crippen LogP contribution in [0.3, 0.4) is 0 Å². The van der Waals surface area contributed by atoms with Crippen molar-refractivity contribution in [2.45, 2.75) is 25.3 Å². The molecule has 0 spiro atoms. The minimum atomic E-state index is -0.504. The molecular formula is C20H22ClFN4O. The van der Waals surface area contributed by atoms with Crippen molar-refractivity contribution in [1.82, 2.24) is 10.6 Å². The standard InChI is InChI=1S/C20H22ClFN4O/c1-11-2-3-17(22)16-7-18(26-19(11)16)20(27)25-15-5-12(4-14(21)6-15)13-8-23-10-24-9-13/h2-6,13,18,23-24,26H,7-10H2,1H3,(H,25,27). The number of fused-ring (bicyclic) bond motifs is 1. The summed E-state index contributed by atoms with van der Waals surface area (Å²) in [5.41, 5.74) is 3.96. The first-order valence-corrected chi connectivity index (χ1v) is 9.46. The molecule has 1 atom stereocenters. The third-order valence-corrected chi connectivity index (χ3v) is 5.42. The first-order chi connectivity index (χ1) is 13.0. The van der Waals surface area contributed by atoms with Crippen molar-refractivity contribution in [2.24, 2.45) is 0 Å². The van der Waals surface area contributed by atoms with Gasteiger partial charge in [-0.15, -0.1) is 0 Å². The van der Waals surface area contributed by atoms with Crippen LogP contribution in [0.25, 0.3) is 0 Å². The van der Waals surface area contributed by atoms with E-state index < -0.39 is 6.04 Å². The van der Waals surface area contributed by atoms with E-state index in [0.29, 0.717) is 28.6 Å². The van der Waals surface area contributed by atoms with Crippen molar-refractivity contribution < 1.29 is 9.18 Å². The number of nitrogens with one attached hydrogen (secondary N) is 4. The summed E-state index contributed by atoms with van der Waals surface area (Å²) >= 11 is 6.27. The van der Waals surface area contributed by atoms with E-state index in [9.17, 15) is 9.18 Å². The summed E-state index contributed by atoms with van der Waals surface area (Å²) in [6, 6.07) is 8.29. The van der Waals surface area contributed by atoms with E-state index in [1.165, 1.54) is 6.07 Å². The Morgan fingerprint density at radius 1 is 1.22 bits per heavy atom. The maximum atomic E-state index is 14.0. The zero-order valence-electron chi connectivity index (χ0n) is 15.0. The van der Waals surface area contributed by atoms with Gasteiger partial charge in [0.2, 0.25) is 5.91 Å². The fraction of sp³-hybridized carbons (Fsp3) is 0.350. The smallest absolute Gasteiger partial charge is 0.247 e. The lowest BCUT2D eigenvalue weighted by atomic mass is 9.97. The largest absolute Gasteiger partial charge is 0.373 e. The van der Waals surface area contributed by atoms with Crippen LogP contribution in [0.4, 0.5) is 15.8 Å². The van der Waals surface area contributed by atoms with Crippen LogP contribution in [-0.4, -0.2) is 31.7 Å². The van der Waals surface area contributed by atoms with Crippen molar-refractivity contribution in [2.75, 3.05) is 30.4 Å². The van der Waals surface area contributed by atoms with Gasteiger partial charge < -0.3 is 21.3 Å². The Morgan fingerprint density at radius 2 is 2.00 bits per heavy atom. The molecule has 7 heteroatoms. The maximum Gasteiger partial charge on any atom is 0.247 e. The number of halogens is 2. The molecule has 2 aliphatic heterocycles. The number of hydrogen-bond acceptors (Lipinski definition) is 4. The predicted octanol–water partition coefficient (Wildman–Crippen LogP) is 3.00. The molecule has 0 aromatic heterocycles. The molecule has 5 nitrogen and oxygen atoms in total. The number of benzene rings is 2. The van der Waals surface area contributed by atoms with E-state index in [0.717, 1.165) is 36.6 Å². The molecule has 1 saturated heterocycles. The van der Waals surface area contributed by atoms with Crippen LogP contribution in [0.2, 0.25) is 5.02 Å². The number of carbonyl (C=O) groups is 1. The average molecular weight is 389 g/mol. The Labute approximate surface area is 162 Å². The van der Waals surface area contributed by atoms with Gasteiger partial charge in [0, 0.05) is 54.1 Å². The van der Waals surface area contributed by atoms with Crippen LogP contribution in [0.15, 0.2) is 30.3 Å². The summed E-state index contributed by atoms with van der Waals surface area (Å²) in [5.74, 6) is -0.183. The highest BCUT2D eigenvalue weighted by atomic mass is 35.5. The predicted molar refractivity (Wildman–Crippen MR) is 106 cm³/mol. The Hall–Kier alpha value is -2.15. The van der Waals surface area contributed by atoms with Gasteiger partial charge >= 0.3 is 0 Å². The van der Waals surface area contributed by atoms with Crippen LogP contribution in [0, 0.1) is 12.7 Å². The van der Waals surface area contributed by atoms with Crippen LogP contribution < -0.4 is 21.3 Å². The Balaban J connectivity index is 1.50. The van der Waals surface area contributed by atoms with Crippen LogP contribution in [-0.2, 0) is 11.2 Å². The number of aryl methyl sites for hydroxylation is 1. The molecule has 1 fully saturated rings. The molecule has 2 aliphatic rings.